The van der Waals surface area contributed by atoms with Crippen LogP contribution in [0.3, 0.4) is 0 Å². The van der Waals surface area contributed by atoms with Crippen LogP contribution in [0.1, 0.15) is 65.2 Å². The molecule has 0 saturated heterocycles. The van der Waals surface area contributed by atoms with Gasteiger partial charge in [0.2, 0.25) is 0 Å². The third-order valence-corrected chi connectivity index (χ3v) is 2.98. The minimum Gasteiger partial charge on any atom is -0.379 e. The van der Waals surface area contributed by atoms with Crippen molar-refractivity contribution in [3.05, 3.63) is 0 Å². The molecule has 0 aliphatic rings. The summed E-state index contributed by atoms with van der Waals surface area (Å²) in [6, 6.07) is 0. The number of hydrogen-bond acceptors (Lipinski definition) is 2. The van der Waals surface area contributed by atoms with Gasteiger partial charge >= 0.3 is 0 Å². The average molecular weight is 229 g/mol. The highest BCUT2D eigenvalue weighted by Gasteiger charge is 2.07. The quantitative estimate of drug-likeness (QED) is 0.515. The van der Waals surface area contributed by atoms with Crippen molar-refractivity contribution in [2.75, 3.05) is 20.2 Å². The van der Waals surface area contributed by atoms with Crippen molar-refractivity contribution in [1.82, 2.24) is 5.32 Å². The molecule has 0 aliphatic carbocycles. The predicted molar refractivity (Wildman–Crippen MR) is 72.0 cm³/mol. The molecular weight excluding hydrogens is 198 g/mol. The van der Waals surface area contributed by atoms with Crippen LogP contribution in [0.5, 0.6) is 0 Å². The first-order valence-electron chi connectivity index (χ1n) is 7.11. The normalized spacial score (nSPS) is 12.9. The lowest BCUT2D eigenvalue weighted by Crippen LogP contribution is -2.14. The first kappa shape index (κ1) is 15.9. The Morgan fingerprint density at radius 2 is 1.62 bits per heavy atom. The highest BCUT2D eigenvalue weighted by atomic mass is 16.5. The molecule has 0 aromatic rings. The summed E-state index contributed by atoms with van der Waals surface area (Å²) in [4.78, 5) is 0. The standard InChI is InChI=1S/C14H31NO/c1-4-6-7-8-11-14(16-5-2)12-9-10-13-15-3/h14-15H,4-13H2,1-3H3. The van der Waals surface area contributed by atoms with Gasteiger partial charge in [-0.05, 0) is 46.2 Å². The Morgan fingerprint density at radius 1 is 0.938 bits per heavy atom. The zero-order valence-electron chi connectivity index (χ0n) is 11.6. The van der Waals surface area contributed by atoms with Crippen LogP contribution in [0.25, 0.3) is 0 Å². The van der Waals surface area contributed by atoms with Crippen LogP contribution in [0, 0.1) is 0 Å². The van der Waals surface area contributed by atoms with Crippen molar-refractivity contribution in [1.29, 1.82) is 0 Å². The first-order chi connectivity index (χ1) is 7.85. The van der Waals surface area contributed by atoms with Gasteiger partial charge in [0.25, 0.3) is 0 Å². The second kappa shape index (κ2) is 13.0. The highest BCUT2D eigenvalue weighted by Crippen LogP contribution is 2.13. The third kappa shape index (κ3) is 10.4. The van der Waals surface area contributed by atoms with Gasteiger partial charge in [0.15, 0.2) is 0 Å². The maximum Gasteiger partial charge on any atom is 0.0575 e. The number of unbranched alkanes of at least 4 members (excludes halogenated alkanes) is 4. The summed E-state index contributed by atoms with van der Waals surface area (Å²) < 4.78 is 5.78. The zero-order valence-corrected chi connectivity index (χ0v) is 11.6. The van der Waals surface area contributed by atoms with E-state index in [-0.39, 0.29) is 0 Å². The predicted octanol–water partition coefficient (Wildman–Crippen LogP) is 3.75. The molecule has 1 unspecified atom stereocenters. The average Bonchev–Trinajstić information content (AvgIpc) is 2.30. The van der Waals surface area contributed by atoms with Gasteiger partial charge in [0, 0.05) is 6.61 Å². The molecule has 0 radical (unpaired) electrons. The van der Waals surface area contributed by atoms with Crippen LogP contribution in [0.4, 0.5) is 0 Å². The molecule has 0 rings (SSSR count). The molecule has 2 heteroatoms. The van der Waals surface area contributed by atoms with E-state index in [1.54, 1.807) is 0 Å². The molecule has 1 N–H and O–H groups in total. The molecule has 2 nitrogen and oxygen atoms in total. The number of nitrogens with one attached hydrogen (secondary N) is 1. The van der Waals surface area contributed by atoms with Crippen molar-refractivity contribution in [2.45, 2.75) is 71.3 Å². The lowest BCUT2D eigenvalue weighted by atomic mass is 10.0. The SMILES string of the molecule is CCCCCCC(CCCCNC)OCC. The van der Waals surface area contributed by atoms with E-state index in [1.165, 1.54) is 51.4 Å². The molecule has 16 heavy (non-hydrogen) atoms. The van der Waals surface area contributed by atoms with Crippen LogP contribution < -0.4 is 5.32 Å². The van der Waals surface area contributed by atoms with E-state index < -0.39 is 0 Å². The lowest BCUT2D eigenvalue weighted by Gasteiger charge is -2.16. The van der Waals surface area contributed by atoms with Crippen LogP contribution in [-0.2, 0) is 4.74 Å². The molecule has 0 fully saturated rings. The molecule has 0 saturated carbocycles. The maximum atomic E-state index is 5.78. The van der Waals surface area contributed by atoms with Gasteiger partial charge in [-0.25, -0.2) is 0 Å². The second-order valence-electron chi connectivity index (χ2n) is 4.53. The van der Waals surface area contributed by atoms with E-state index in [0.29, 0.717) is 6.10 Å². The lowest BCUT2D eigenvalue weighted by molar-refractivity contribution is 0.0471. The van der Waals surface area contributed by atoms with Crippen LogP contribution >= 0.6 is 0 Å². The zero-order chi connectivity index (χ0) is 12.1. The fraction of sp³-hybridized carbons (Fsp3) is 1.00. The van der Waals surface area contributed by atoms with Crippen molar-refractivity contribution < 1.29 is 4.74 Å². The summed E-state index contributed by atoms with van der Waals surface area (Å²) in [6.07, 6.45) is 11.0. The molecule has 0 aliphatic heterocycles. The van der Waals surface area contributed by atoms with Gasteiger partial charge in [-0.15, -0.1) is 0 Å². The highest BCUT2D eigenvalue weighted by molar-refractivity contribution is 4.59. The summed E-state index contributed by atoms with van der Waals surface area (Å²) in [7, 11) is 2.02. The number of ether oxygens (including phenoxy) is 1. The minimum absolute atomic E-state index is 0.513. The van der Waals surface area contributed by atoms with E-state index in [0.717, 1.165) is 13.2 Å². The molecule has 0 amide bonds. The van der Waals surface area contributed by atoms with Crippen molar-refractivity contribution >= 4 is 0 Å². The van der Waals surface area contributed by atoms with E-state index >= 15 is 0 Å². The Labute approximate surface area is 102 Å². The Balaban J connectivity index is 3.45. The molecule has 1 atom stereocenters. The molecule has 0 heterocycles. The monoisotopic (exact) mass is 229 g/mol. The molecule has 0 bridgehead atoms. The van der Waals surface area contributed by atoms with Crippen LogP contribution in [-0.4, -0.2) is 26.3 Å². The molecule has 0 aromatic carbocycles. The van der Waals surface area contributed by atoms with Crippen molar-refractivity contribution in [2.24, 2.45) is 0 Å². The minimum atomic E-state index is 0.513. The van der Waals surface area contributed by atoms with Crippen LogP contribution in [0.2, 0.25) is 0 Å². The van der Waals surface area contributed by atoms with Gasteiger partial charge in [0.05, 0.1) is 6.10 Å². The third-order valence-electron chi connectivity index (χ3n) is 2.98. The summed E-state index contributed by atoms with van der Waals surface area (Å²) in [5.41, 5.74) is 0. The van der Waals surface area contributed by atoms with Gasteiger partial charge < -0.3 is 10.1 Å². The Kier molecular flexibility index (Phi) is 12.9. The Hall–Kier alpha value is -0.0800. The molecule has 0 aromatic heterocycles. The van der Waals surface area contributed by atoms with Crippen LogP contribution in [0.15, 0.2) is 0 Å². The number of hydrogen-bond donors (Lipinski definition) is 1. The topological polar surface area (TPSA) is 21.3 Å². The first-order valence-corrected chi connectivity index (χ1v) is 7.11. The Bertz CT molecular complexity index is 116. The summed E-state index contributed by atoms with van der Waals surface area (Å²) in [5.74, 6) is 0. The van der Waals surface area contributed by atoms with E-state index in [2.05, 4.69) is 19.2 Å². The summed E-state index contributed by atoms with van der Waals surface area (Å²) in [5, 5.41) is 3.19. The summed E-state index contributed by atoms with van der Waals surface area (Å²) in [6.45, 7) is 6.36. The van der Waals surface area contributed by atoms with Gasteiger partial charge in [-0.2, -0.15) is 0 Å². The van der Waals surface area contributed by atoms with Gasteiger partial charge in [0.1, 0.15) is 0 Å². The van der Waals surface area contributed by atoms with E-state index in [9.17, 15) is 0 Å². The van der Waals surface area contributed by atoms with E-state index in [1.807, 2.05) is 7.05 Å². The molecule has 98 valence electrons. The largest absolute Gasteiger partial charge is 0.379 e. The van der Waals surface area contributed by atoms with E-state index in [4.69, 9.17) is 4.74 Å². The van der Waals surface area contributed by atoms with Crippen molar-refractivity contribution in [3.8, 4) is 0 Å². The van der Waals surface area contributed by atoms with Gasteiger partial charge in [-0.1, -0.05) is 32.6 Å². The fourth-order valence-corrected chi connectivity index (χ4v) is 2.02. The second-order valence-corrected chi connectivity index (χ2v) is 4.53. The Morgan fingerprint density at radius 3 is 2.19 bits per heavy atom. The molecular formula is C14H31NO. The maximum absolute atomic E-state index is 5.78. The van der Waals surface area contributed by atoms with Gasteiger partial charge in [-0.3, -0.25) is 0 Å². The number of rotatable bonds is 12. The van der Waals surface area contributed by atoms with Crippen molar-refractivity contribution in [3.63, 3.8) is 0 Å². The fourth-order valence-electron chi connectivity index (χ4n) is 2.02. The summed E-state index contributed by atoms with van der Waals surface area (Å²) >= 11 is 0. The smallest absolute Gasteiger partial charge is 0.0575 e. The molecule has 0 spiro atoms.